The van der Waals surface area contributed by atoms with E-state index in [1.54, 1.807) is 25.2 Å². The first-order chi connectivity index (χ1) is 7.96. The van der Waals surface area contributed by atoms with Crippen molar-refractivity contribution in [1.82, 2.24) is 10.2 Å². The van der Waals surface area contributed by atoms with Gasteiger partial charge in [-0.05, 0) is 37.8 Å². The van der Waals surface area contributed by atoms with E-state index in [1.165, 1.54) is 11.8 Å². The minimum absolute atomic E-state index is 0.495. The van der Waals surface area contributed by atoms with E-state index < -0.39 is 5.60 Å². The zero-order valence-electron chi connectivity index (χ0n) is 9.93. The van der Waals surface area contributed by atoms with Crippen molar-refractivity contribution in [1.29, 1.82) is 0 Å². The Morgan fingerprint density at radius 1 is 1.47 bits per heavy atom. The van der Waals surface area contributed by atoms with E-state index in [2.05, 4.69) is 10.2 Å². The lowest BCUT2D eigenvalue weighted by Crippen LogP contribution is -2.21. The van der Waals surface area contributed by atoms with E-state index in [1.807, 2.05) is 18.4 Å². The molecule has 17 heavy (non-hydrogen) atoms. The molecule has 0 amide bonds. The molecule has 0 spiro atoms. The summed E-state index contributed by atoms with van der Waals surface area (Å²) in [5, 5.41) is 20.1. The molecule has 0 saturated heterocycles. The highest BCUT2D eigenvalue weighted by Crippen LogP contribution is 2.30. The summed E-state index contributed by atoms with van der Waals surface area (Å²) in [6, 6.07) is 2.02. The molecule has 6 heteroatoms. The lowest BCUT2D eigenvalue weighted by molar-refractivity contribution is 0.106. The summed E-state index contributed by atoms with van der Waals surface area (Å²) in [4.78, 5) is 1.01. The lowest BCUT2D eigenvalue weighted by atomic mass is 10.2. The minimum atomic E-state index is -0.738. The fraction of sp³-hybridized carbons (Fsp3) is 0.455. The highest BCUT2D eigenvalue weighted by molar-refractivity contribution is 7.99. The van der Waals surface area contributed by atoms with Crippen molar-refractivity contribution in [3.63, 3.8) is 0 Å². The topological polar surface area (TPSA) is 59.2 Å². The SMILES string of the molecule is Cc1ccsc1-c1nnc(SCC(C)(C)O)o1. The van der Waals surface area contributed by atoms with E-state index in [0.717, 1.165) is 10.4 Å². The number of thioether (sulfide) groups is 1. The average molecular weight is 270 g/mol. The molecule has 0 fully saturated rings. The van der Waals surface area contributed by atoms with Gasteiger partial charge in [-0.2, -0.15) is 0 Å². The van der Waals surface area contributed by atoms with Crippen LogP contribution in [0.1, 0.15) is 19.4 Å². The van der Waals surface area contributed by atoms with Crippen molar-refractivity contribution < 1.29 is 9.52 Å². The summed E-state index contributed by atoms with van der Waals surface area (Å²) in [5.74, 6) is 1.08. The summed E-state index contributed by atoms with van der Waals surface area (Å²) in [6.45, 7) is 5.51. The Bertz CT molecular complexity index is 500. The van der Waals surface area contributed by atoms with Gasteiger partial charge in [0.15, 0.2) is 0 Å². The Balaban J connectivity index is 2.09. The van der Waals surface area contributed by atoms with Crippen LogP contribution in [0.3, 0.4) is 0 Å². The first-order valence-electron chi connectivity index (χ1n) is 5.19. The molecule has 0 saturated carbocycles. The predicted octanol–water partition coefficient (Wildman–Crippen LogP) is 2.97. The third kappa shape index (κ3) is 3.31. The van der Waals surface area contributed by atoms with Gasteiger partial charge in [-0.1, -0.05) is 11.8 Å². The van der Waals surface area contributed by atoms with Gasteiger partial charge in [0, 0.05) is 5.75 Å². The number of rotatable bonds is 4. The number of nitrogens with zero attached hydrogens (tertiary/aromatic N) is 2. The molecule has 0 aromatic carbocycles. The molecule has 0 aliphatic carbocycles. The van der Waals surface area contributed by atoms with E-state index in [0.29, 0.717) is 16.9 Å². The first-order valence-corrected chi connectivity index (χ1v) is 7.05. The normalized spacial score (nSPS) is 12.0. The standard InChI is InChI=1S/C11H14N2O2S2/c1-7-4-5-16-8(7)9-12-13-10(15-9)17-6-11(2,3)14/h4-5,14H,6H2,1-3H3. The highest BCUT2D eigenvalue weighted by Gasteiger charge is 2.17. The molecule has 4 nitrogen and oxygen atoms in total. The minimum Gasteiger partial charge on any atom is -0.410 e. The van der Waals surface area contributed by atoms with Crippen molar-refractivity contribution in [3.05, 3.63) is 17.0 Å². The molecule has 0 aliphatic heterocycles. The van der Waals surface area contributed by atoms with E-state index >= 15 is 0 Å². The summed E-state index contributed by atoms with van der Waals surface area (Å²) in [6.07, 6.45) is 0. The van der Waals surface area contributed by atoms with Crippen LogP contribution in [-0.4, -0.2) is 26.7 Å². The first kappa shape index (κ1) is 12.6. The summed E-state index contributed by atoms with van der Waals surface area (Å²) in [7, 11) is 0. The van der Waals surface area contributed by atoms with Crippen LogP contribution >= 0.6 is 23.1 Å². The second-order valence-electron chi connectivity index (χ2n) is 4.41. The number of thiophene rings is 1. The van der Waals surface area contributed by atoms with Crippen LogP contribution in [0.25, 0.3) is 10.8 Å². The molecular weight excluding hydrogens is 256 g/mol. The van der Waals surface area contributed by atoms with Gasteiger partial charge in [0.2, 0.25) is 0 Å². The van der Waals surface area contributed by atoms with Crippen molar-refractivity contribution in [2.75, 3.05) is 5.75 Å². The number of hydrogen-bond acceptors (Lipinski definition) is 6. The average Bonchev–Trinajstić information content (AvgIpc) is 2.81. The highest BCUT2D eigenvalue weighted by atomic mass is 32.2. The second kappa shape index (κ2) is 4.80. The number of aliphatic hydroxyl groups is 1. The number of hydrogen-bond donors (Lipinski definition) is 1. The molecule has 2 heterocycles. The van der Waals surface area contributed by atoms with E-state index in [-0.39, 0.29) is 0 Å². The molecule has 0 radical (unpaired) electrons. The smallest absolute Gasteiger partial charge is 0.276 e. The molecule has 0 unspecified atom stereocenters. The molecule has 92 valence electrons. The van der Waals surface area contributed by atoms with Gasteiger partial charge < -0.3 is 9.52 Å². The molecular formula is C11H14N2O2S2. The number of aryl methyl sites for hydroxylation is 1. The zero-order chi connectivity index (χ0) is 12.5. The fourth-order valence-corrected chi connectivity index (χ4v) is 2.75. The number of aromatic nitrogens is 2. The van der Waals surface area contributed by atoms with Crippen molar-refractivity contribution >= 4 is 23.1 Å². The van der Waals surface area contributed by atoms with Crippen LogP contribution < -0.4 is 0 Å². The maximum absolute atomic E-state index is 9.61. The summed E-state index contributed by atoms with van der Waals surface area (Å²) in [5.41, 5.74) is 0.399. The monoisotopic (exact) mass is 270 g/mol. The Morgan fingerprint density at radius 3 is 2.82 bits per heavy atom. The predicted molar refractivity (Wildman–Crippen MR) is 69.4 cm³/mol. The molecule has 2 aromatic rings. The van der Waals surface area contributed by atoms with Crippen LogP contribution in [0.5, 0.6) is 0 Å². The lowest BCUT2D eigenvalue weighted by Gasteiger charge is -2.13. The van der Waals surface area contributed by atoms with Gasteiger partial charge in [-0.25, -0.2) is 0 Å². The van der Waals surface area contributed by atoms with Gasteiger partial charge in [0.05, 0.1) is 10.5 Å². The van der Waals surface area contributed by atoms with Crippen LogP contribution in [-0.2, 0) is 0 Å². The second-order valence-corrected chi connectivity index (χ2v) is 6.25. The van der Waals surface area contributed by atoms with Gasteiger partial charge in [-0.3, -0.25) is 0 Å². The van der Waals surface area contributed by atoms with E-state index in [9.17, 15) is 5.11 Å². The van der Waals surface area contributed by atoms with Crippen molar-refractivity contribution in [2.45, 2.75) is 31.6 Å². The molecule has 1 N–H and O–H groups in total. The van der Waals surface area contributed by atoms with Gasteiger partial charge in [0.25, 0.3) is 11.1 Å². The Morgan fingerprint density at radius 2 is 2.24 bits per heavy atom. The maximum Gasteiger partial charge on any atom is 0.276 e. The third-order valence-electron chi connectivity index (χ3n) is 2.01. The Kier molecular flexibility index (Phi) is 3.56. The quantitative estimate of drug-likeness (QED) is 0.865. The maximum atomic E-state index is 9.61. The van der Waals surface area contributed by atoms with Gasteiger partial charge in [0.1, 0.15) is 0 Å². The van der Waals surface area contributed by atoms with Gasteiger partial charge >= 0.3 is 0 Å². The van der Waals surface area contributed by atoms with Crippen LogP contribution in [0.2, 0.25) is 0 Å². The largest absolute Gasteiger partial charge is 0.410 e. The van der Waals surface area contributed by atoms with Crippen LogP contribution in [0.4, 0.5) is 0 Å². The summed E-state index contributed by atoms with van der Waals surface area (Å²) < 4.78 is 5.54. The van der Waals surface area contributed by atoms with Crippen molar-refractivity contribution in [3.8, 4) is 10.8 Å². The molecule has 0 bridgehead atoms. The van der Waals surface area contributed by atoms with Crippen LogP contribution in [0, 0.1) is 6.92 Å². The zero-order valence-corrected chi connectivity index (χ0v) is 11.6. The summed E-state index contributed by atoms with van der Waals surface area (Å²) >= 11 is 2.95. The van der Waals surface area contributed by atoms with Gasteiger partial charge in [-0.15, -0.1) is 21.5 Å². The third-order valence-corrected chi connectivity index (χ3v) is 4.28. The molecule has 2 rings (SSSR count). The molecule has 0 atom stereocenters. The fourth-order valence-electron chi connectivity index (χ4n) is 1.19. The Labute approximate surface area is 108 Å². The molecule has 2 aromatic heterocycles. The Hall–Kier alpha value is -0.850. The van der Waals surface area contributed by atoms with Crippen molar-refractivity contribution in [2.24, 2.45) is 0 Å². The van der Waals surface area contributed by atoms with E-state index in [4.69, 9.17) is 4.42 Å². The molecule has 0 aliphatic rings. The van der Waals surface area contributed by atoms with Crippen LogP contribution in [0.15, 0.2) is 21.1 Å².